The number of rotatable bonds is 6. The molecule has 0 heterocycles. The highest BCUT2D eigenvalue weighted by molar-refractivity contribution is 5.68. The van der Waals surface area contributed by atoms with Gasteiger partial charge in [0.1, 0.15) is 12.2 Å². The summed E-state index contributed by atoms with van der Waals surface area (Å²) in [4.78, 5) is 11.7. The molecule has 1 aromatic carbocycles. The molecular weight excluding hydrogens is 242 g/mol. The summed E-state index contributed by atoms with van der Waals surface area (Å²) in [5, 5.41) is 2.83. The van der Waals surface area contributed by atoms with Crippen molar-refractivity contribution in [2.75, 3.05) is 7.11 Å². The number of amides is 1. The van der Waals surface area contributed by atoms with Crippen LogP contribution in [0, 0.1) is 0 Å². The number of hydrogen-bond acceptors (Lipinski definition) is 3. The molecule has 0 radical (unpaired) electrons. The van der Waals surface area contributed by atoms with E-state index in [9.17, 15) is 4.79 Å². The number of benzene rings is 1. The molecule has 4 heteroatoms. The molecule has 1 fully saturated rings. The Hall–Kier alpha value is -1.55. The standard InChI is InChI=1S/C15H21NO3/c1-3-13(19-15(17)16-12-9-10-12)14(18-2)11-7-5-4-6-8-11/h4-8,12-14H,3,9-10H2,1-2H3,(H,16,17)/t13-,14-/m0/s1. The summed E-state index contributed by atoms with van der Waals surface area (Å²) in [6.07, 6.45) is 1.98. The highest BCUT2D eigenvalue weighted by Gasteiger charge is 2.28. The van der Waals surface area contributed by atoms with E-state index in [4.69, 9.17) is 9.47 Å². The van der Waals surface area contributed by atoms with Crippen LogP contribution in [0.25, 0.3) is 0 Å². The number of alkyl carbamates (subject to hydrolysis) is 1. The maximum absolute atomic E-state index is 11.7. The van der Waals surface area contributed by atoms with Crippen molar-refractivity contribution in [2.24, 2.45) is 0 Å². The summed E-state index contributed by atoms with van der Waals surface area (Å²) in [5.41, 5.74) is 1.02. The van der Waals surface area contributed by atoms with E-state index in [0.717, 1.165) is 18.4 Å². The van der Waals surface area contributed by atoms with E-state index in [1.165, 1.54) is 0 Å². The quantitative estimate of drug-likeness (QED) is 0.858. The molecule has 1 aliphatic rings. The van der Waals surface area contributed by atoms with Crippen molar-refractivity contribution < 1.29 is 14.3 Å². The topological polar surface area (TPSA) is 47.6 Å². The zero-order chi connectivity index (χ0) is 13.7. The van der Waals surface area contributed by atoms with Crippen molar-refractivity contribution in [3.8, 4) is 0 Å². The molecule has 1 amide bonds. The van der Waals surface area contributed by atoms with Gasteiger partial charge in [-0.2, -0.15) is 0 Å². The molecule has 2 rings (SSSR count). The molecule has 19 heavy (non-hydrogen) atoms. The SMILES string of the molecule is CC[C@H](OC(=O)NC1CC1)[C@@H](OC)c1ccccc1. The summed E-state index contributed by atoms with van der Waals surface area (Å²) in [6.45, 7) is 1.99. The Morgan fingerprint density at radius 1 is 1.37 bits per heavy atom. The lowest BCUT2D eigenvalue weighted by Gasteiger charge is -2.25. The molecule has 0 aromatic heterocycles. The molecule has 4 nitrogen and oxygen atoms in total. The lowest BCUT2D eigenvalue weighted by molar-refractivity contribution is -0.0254. The molecule has 1 aromatic rings. The molecule has 1 saturated carbocycles. The number of ether oxygens (including phenoxy) is 2. The highest BCUT2D eigenvalue weighted by atomic mass is 16.6. The van der Waals surface area contributed by atoms with Crippen molar-refractivity contribution in [1.29, 1.82) is 0 Å². The van der Waals surface area contributed by atoms with Crippen molar-refractivity contribution >= 4 is 6.09 Å². The van der Waals surface area contributed by atoms with Gasteiger partial charge in [-0.05, 0) is 24.8 Å². The van der Waals surface area contributed by atoms with Gasteiger partial charge in [-0.25, -0.2) is 4.79 Å². The average Bonchev–Trinajstić information content (AvgIpc) is 3.23. The first kappa shape index (κ1) is 13.9. The minimum Gasteiger partial charge on any atom is -0.443 e. The van der Waals surface area contributed by atoms with Crippen LogP contribution >= 0.6 is 0 Å². The Bertz CT molecular complexity index is 403. The number of carbonyl (C=O) groups excluding carboxylic acids is 1. The van der Waals surface area contributed by atoms with Gasteiger partial charge in [0, 0.05) is 13.2 Å². The van der Waals surface area contributed by atoms with E-state index in [2.05, 4.69) is 5.32 Å². The molecule has 1 aliphatic carbocycles. The zero-order valence-corrected chi connectivity index (χ0v) is 11.5. The molecule has 1 N–H and O–H groups in total. The van der Waals surface area contributed by atoms with Crippen molar-refractivity contribution in [2.45, 2.75) is 44.4 Å². The minimum atomic E-state index is -0.340. The van der Waals surface area contributed by atoms with Crippen LogP contribution in [-0.4, -0.2) is 25.3 Å². The normalized spacial score (nSPS) is 17.6. The Kier molecular flexibility index (Phi) is 4.80. The second-order valence-corrected chi connectivity index (χ2v) is 4.84. The van der Waals surface area contributed by atoms with E-state index in [1.54, 1.807) is 7.11 Å². The first-order chi connectivity index (χ1) is 9.24. The second kappa shape index (κ2) is 6.57. The largest absolute Gasteiger partial charge is 0.443 e. The Morgan fingerprint density at radius 2 is 2.05 bits per heavy atom. The monoisotopic (exact) mass is 263 g/mol. The maximum atomic E-state index is 11.7. The number of nitrogens with one attached hydrogen (secondary N) is 1. The van der Waals surface area contributed by atoms with Crippen molar-refractivity contribution in [3.05, 3.63) is 35.9 Å². The molecule has 104 valence electrons. The fraction of sp³-hybridized carbons (Fsp3) is 0.533. The Balaban J connectivity index is 1.99. The lowest BCUT2D eigenvalue weighted by atomic mass is 10.0. The average molecular weight is 263 g/mol. The van der Waals surface area contributed by atoms with Gasteiger partial charge >= 0.3 is 6.09 Å². The molecule has 0 saturated heterocycles. The van der Waals surface area contributed by atoms with Crippen LogP contribution in [-0.2, 0) is 9.47 Å². The zero-order valence-electron chi connectivity index (χ0n) is 11.5. The van der Waals surface area contributed by atoms with E-state index in [-0.39, 0.29) is 18.3 Å². The van der Waals surface area contributed by atoms with Gasteiger partial charge in [-0.1, -0.05) is 37.3 Å². The van der Waals surface area contributed by atoms with Crippen LogP contribution in [0.15, 0.2) is 30.3 Å². The first-order valence-electron chi connectivity index (χ1n) is 6.79. The fourth-order valence-corrected chi connectivity index (χ4v) is 2.07. The van der Waals surface area contributed by atoms with Gasteiger partial charge in [0.15, 0.2) is 0 Å². The molecule has 0 unspecified atom stereocenters. The summed E-state index contributed by atoms with van der Waals surface area (Å²) < 4.78 is 11.0. The predicted octanol–water partition coefficient (Wildman–Crippen LogP) is 3.04. The van der Waals surface area contributed by atoms with E-state index < -0.39 is 0 Å². The second-order valence-electron chi connectivity index (χ2n) is 4.84. The van der Waals surface area contributed by atoms with E-state index in [0.29, 0.717) is 12.5 Å². The summed E-state index contributed by atoms with van der Waals surface area (Å²) >= 11 is 0. The van der Waals surface area contributed by atoms with E-state index >= 15 is 0 Å². The Labute approximate surface area is 114 Å². The number of hydrogen-bond donors (Lipinski definition) is 1. The summed E-state index contributed by atoms with van der Waals surface area (Å²) in [5.74, 6) is 0. The Morgan fingerprint density at radius 3 is 2.58 bits per heavy atom. The van der Waals surface area contributed by atoms with Crippen molar-refractivity contribution in [3.63, 3.8) is 0 Å². The third-order valence-corrected chi connectivity index (χ3v) is 3.28. The lowest BCUT2D eigenvalue weighted by Crippen LogP contribution is -2.33. The van der Waals surface area contributed by atoms with Crippen LogP contribution in [0.1, 0.15) is 37.9 Å². The van der Waals surface area contributed by atoms with Gasteiger partial charge in [0.25, 0.3) is 0 Å². The van der Waals surface area contributed by atoms with Gasteiger partial charge < -0.3 is 14.8 Å². The third-order valence-electron chi connectivity index (χ3n) is 3.28. The highest BCUT2D eigenvalue weighted by Crippen LogP contribution is 2.25. The first-order valence-corrected chi connectivity index (χ1v) is 6.79. The van der Waals surface area contributed by atoms with Gasteiger partial charge in [0.05, 0.1) is 0 Å². The summed E-state index contributed by atoms with van der Waals surface area (Å²) in [6, 6.07) is 10.1. The van der Waals surface area contributed by atoms with Crippen LogP contribution < -0.4 is 5.32 Å². The van der Waals surface area contributed by atoms with Crippen LogP contribution in [0.3, 0.4) is 0 Å². The smallest absolute Gasteiger partial charge is 0.407 e. The molecular formula is C15H21NO3. The van der Waals surface area contributed by atoms with Gasteiger partial charge in [-0.3, -0.25) is 0 Å². The maximum Gasteiger partial charge on any atom is 0.407 e. The van der Waals surface area contributed by atoms with E-state index in [1.807, 2.05) is 37.3 Å². The number of methoxy groups -OCH3 is 1. The summed E-state index contributed by atoms with van der Waals surface area (Å²) in [7, 11) is 1.64. The third kappa shape index (κ3) is 3.96. The molecule has 0 bridgehead atoms. The molecule has 2 atom stereocenters. The van der Waals surface area contributed by atoms with Crippen molar-refractivity contribution in [1.82, 2.24) is 5.32 Å². The van der Waals surface area contributed by atoms with Gasteiger partial charge in [-0.15, -0.1) is 0 Å². The van der Waals surface area contributed by atoms with Crippen LogP contribution in [0.4, 0.5) is 4.79 Å². The number of carbonyl (C=O) groups is 1. The molecule has 0 aliphatic heterocycles. The molecule has 0 spiro atoms. The van der Waals surface area contributed by atoms with Crippen LogP contribution in [0.5, 0.6) is 0 Å². The minimum absolute atomic E-state index is 0.226. The van der Waals surface area contributed by atoms with Crippen LogP contribution in [0.2, 0.25) is 0 Å². The fourth-order valence-electron chi connectivity index (χ4n) is 2.07. The predicted molar refractivity (Wildman–Crippen MR) is 72.9 cm³/mol. The van der Waals surface area contributed by atoms with Gasteiger partial charge in [0.2, 0.25) is 0 Å².